The second-order valence-corrected chi connectivity index (χ2v) is 5.62. The number of carbonyl (C=O) groups is 2. The Kier molecular flexibility index (Phi) is 5.14. The van der Waals surface area contributed by atoms with Crippen LogP contribution < -0.4 is 5.32 Å². The number of aliphatic carboxylic acids is 1. The lowest BCUT2D eigenvalue weighted by atomic mass is 9.95. The van der Waals surface area contributed by atoms with E-state index in [1.54, 1.807) is 6.92 Å². The highest BCUT2D eigenvalue weighted by molar-refractivity contribution is 5.85. The summed E-state index contributed by atoms with van der Waals surface area (Å²) in [4.78, 5) is 23.1. The van der Waals surface area contributed by atoms with E-state index in [9.17, 15) is 14.7 Å². The molecule has 5 heteroatoms. The zero-order valence-electron chi connectivity index (χ0n) is 11.2. The quantitative estimate of drug-likeness (QED) is 0.686. The fourth-order valence-electron chi connectivity index (χ4n) is 2.77. The lowest BCUT2D eigenvalue weighted by molar-refractivity contribution is -0.146. The minimum Gasteiger partial charge on any atom is -0.481 e. The summed E-state index contributed by atoms with van der Waals surface area (Å²) >= 11 is 0. The van der Waals surface area contributed by atoms with Gasteiger partial charge < -0.3 is 15.5 Å². The molecule has 1 aliphatic carbocycles. The van der Waals surface area contributed by atoms with Crippen LogP contribution in [-0.2, 0) is 9.59 Å². The van der Waals surface area contributed by atoms with Gasteiger partial charge in [-0.15, -0.1) is 0 Å². The van der Waals surface area contributed by atoms with Gasteiger partial charge in [0.25, 0.3) is 0 Å². The third-order valence-corrected chi connectivity index (χ3v) is 3.54. The smallest absolute Gasteiger partial charge is 0.307 e. The van der Waals surface area contributed by atoms with Gasteiger partial charge in [0.2, 0.25) is 5.91 Å². The highest BCUT2D eigenvalue weighted by atomic mass is 16.4. The van der Waals surface area contributed by atoms with Crippen molar-refractivity contribution in [3.05, 3.63) is 0 Å². The molecule has 104 valence electrons. The Morgan fingerprint density at radius 1 is 1.28 bits per heavy atom. The van der Waals surface area contributed by atoms with E-state index in [4.69, 9.17) is 5.11 Å². The number of amides is 1. The largest absolute Gasteiger partial charge is 0.481 e. The topological polar surface area (TPSA) is 86.6 Å². The molecule has 3 N–H and O–H groups in total. The average molecular weight is 257 g/mol. The fraction of sp³-hybridized carbons (Fsp3) is 0.846. The van der Waals surface area contributed by atoms with Crippen LogP contribution in [0.1, 0.15) is 40.0 Å². The third-order valence-electron chi connectivity index (χ3n) is 3.54. The van der Waals surface area contributed by atoms with Crippen LogP contribution in [0.5, 0.6) is 0 Å². The minimum atomic E-state index is -0.886. The monoisotopic (exact) mass is 257 g/mol. The van der Waals surface area contributed by atoms with Gasteiger partial charge in [-0.05, 0) is 39.0 Å². The molecule has 5 atom stereocenters. The summed E-state index contributed by atoms with van der Waals surface area (Å²) in [6.07, 6.45) is 1.20. The number of carboxylic acids is 1. The number of rotatable bonds is 5. The number of aliphatic hydroxyl groups is 1. The van der Waals surface area contributed by atoms with Crippen molar-refractivity contribution in [3.63, 3.8) is 0 Å². The van der Waals surface area contributed by atoms with Crippen LogP contribution in [0.25, 0.3) is 0 Å². The molecule has 0 aromatic heterocycles. The first-order valence-corrected chi connectivity index (χ1v) is 6.52. The van der Waals surface area contributed by atoms with Crippen LogP contribution in [-0.4, -0.2) is 34.2 Å². The van der Waals surface area contributed by atoms with E-state index in [1.165, 1.54) is 0 Å². The highest BCUT2D eigenvalue weighted by Gasteiger charge is 2.41. The first kappa shape index (κ1) is 15.0. The van der Waals surface area contributed by atoms with Crippen LogP contribution in [0.2, 0.25) is 0 Å². The van der Waals surface area contributed by atoms with Crippen LogP contribution in [0, 0.1) is 17.8 Å². The molecule has 0 radical (unpaired) electrons. The molecule has 0 aromatic carbocycles. The molecule has 18 heavy (non-hydrogen) atoms. The van der Waals surface area contributed by atoms with Crippen LogP contribution in [0.4, 0.5) is 0 Å². The summed E-state index contributed by atoms with van der Waals surface area (Å²) in [5, 5.41) is 21.1. The maximum absolute atomic E-state index is 12.0. The van der Waals surface area contributed by atoms with Crippen molar-refractivity contribution in [1.29, 1.82) is 0 Å². The lowest BCUT2D eigenvalue weighted by Gasteiger charge is -2.20. The van der Waals surface area contributed by atoms with Gasteiger partial charge in [0.1, 0.15) is 0 Å². The molecule has 0 heterocycles. The molecule has 5 nitrogen and oxygen atoms in total. The molecule has 0 aliphatic heterocycles. The molecule has 1 fully saturated rings. The van der Waals surface area contributed by atoms with Crippen LogP contribution in [0.15, 0.2) is 0 Å². The van der Waals surface area contributed by atoms with E-state index in [1.807, 2.05) is 13.8 Å². The fourth-order valence-corrected chi connectivity index (χ4v) is 2.77. The van der Waals surface area contributed by atoms with Crippen LogP contribution in [0.3, 0.4) is 0 Å². The first-order valence-electron chi connectivity index (χ1n) is 6.52. The second kappa shape index (κ2) is 6.18. The standard InChI is InChI=1S/C13H23NO4/c1-7-4-10(11(5-7)13(17)18)12(16)14-8(2)6-9(3)15/h7-11,15H,4-6H2,1-3H3,(H,14,16)(H,17,18). The Balaban J connectivity index is 2.57. The van der Waals surface area contributed by atoms with Crippen molar-refractivity contribution >= 4 is 11.9 Å². The van der Waals surface area contributed by atoms with Crippen molar-refractivity contribution < 1.29 is 19.8 Å². The van der Waals surface area contributed by atoms with E-state index in [-0.39, 0.29) is 17.9 Å². The van der Waals surface area contributed by atoms with Crippen molar-refractivity contribution in [2.24, 2.45) is 17.8 Å². The lowest BCUT2D eigenvalue weighted by Crippen LogP contribution is -2.41. The van der Waals surface area contributed by atoms with Crippen LogP contribution >= 0.6 is 0 Å². The molecule has 0 bridgehead atoms. The number of hydrogen-bond acceptors (Lipinski definition) is 3. The molecule has 0 aromatic rings. The Labute approximate surface area is 108 Å². The van der Waals surface area contributed by atoms with Gasteiger partial charge in [-0.2, -0.15) is 0 Å². The molecule has 5 unspecified atom stereocenters. The maximum Gasteiger partial charge on any atom is 0.307 e. The maximum atomic E-state index is 12.0. The van der Waals surface area contributed by atoms with E-state index < -0.39 is 23.9 Å². The van der Waals surface area contributed by atoms with Crippen molar-refractivity contribution in [3.8, 4) is 0 Å². The van der Waals surface area contributed by atoms with E-state index >= 15 is 0 Å². The Bertz CT molecular complexity index is 316. The van der Waals surface area contributed by atoms with Gasteiger partial charge >= 0.3 is 5.97 Å². The van der Waals surface area contributed by atoms with Crippen molar-refractivity contribution in [1.82, 2.24) is 5.32 Å². The number of carboxylic acid groups (broad SMARTS) is 1. The summed E-state index contributed by atoms with van der Waals surface area (Å²) in [6.45, 7) is 5.46. The molecule has 1 aliphatic rings. The summed E-state index contributed by atoms with van der Waals surface area (Å²) in [5.41, 5.74) is 0. The molecule has 1 rings (SSSR count). The highest BCUT2D eigenvalue weighted by Crippen LogP contribution is 2.36. The molecule has 0 saturated heterocycles. The molecular weight excluding hydrogens is 234 g/mol. The third kappa shape index (κ3) is 3.98. The molecule has 0 spiro atoms. The molecular formula is C13H23NO4. The predicted octanol–water partition coefficient (Wildman–Crippen LogP) is 1.01. The zero-order chi connectivity index (χ0) is 13.9. The second-order valence-electron chi connectivity index (χ2n) is 5.62. The summed E-state index contributed by atoms with van der Waals surface area (Å²) in [5.74, 6) is -1.82. The van der Waals surface area contributed by atoms with Crippen molar-refractivity contribution in [2.75, 3.05) is 0 Å². The van der Waals surface area contributed by atoms with E-state index in [0.717, 1.165) is 0 Å². The number of hydrogen-bond donors (Lipinski definition) is 3. The van der Waals surface area contributed by atoms with Gasteiger partial charge in [-0.3, -0.25) is 9.59 Å². The van der Waals surface area contributed by atoms with E-state index in [0.29, 0.717) is 19.3 Å². The Morgan fingerprint density at radius 3 is 2.33 bits per heavy atom. The average Bonchev–Trinajstić information content (AvgIpc) is 2.58. The summed E-state index contributed by atoms with van der Waals surface area (Å²) in [7, 11) is 0. The number of carbonyl (C=O) groups excluding carboxylic acids is 1. The first-order chi connectivity index (χ1) is 8.31. The SMILES string of the molecule is CC(O)CC(C)NC(=O)C1CC(C)CC1C(=O)O. The number of aliphatic hydroxyl groups excluding tert-OH is 1. The molecule has 1 amide bonds. The molecule has 1 saturated carbocycles. The Hall–Kier alpha value is -1.10. The zero-order valence-corrected chi connectivity index (χ0v) is 11.2. The van der Waals surface area contributed by atoms with Gasteiger partial charge in [-0.1, -0.05) is 6.92 Å². The predicted molar refractivity (Wildman–Crippen MR) is 66.9 cm³/mol. The van der Waals surface area contributed by atoms with Gasteiger partial charge in [-0.25, -0.2) is 0 Å². The van der Waals surface area contributed by atoms with Gasteiger partial charge in [0.15, 0.2) is 0 Å². The van der Waals surface area contributed by atoms with Crippen molar-refractivity contribution in [2.45, 2.75) is 52.2 Å². The van der Waals surface area contributed by atoms with E-state index in [2.05, 4.69) is 5.32 Å². The van der Waals surface area contributed by atoms with Gasteiger partial charge in [0, 0.05) is 6.04 Å². The Morgan fingerprint density at radius 2 is 1.83 bits per heavy atom. The summed E-state index contributed by atoms with van der Waals surface area (Å²) < 4.78 is 0. The van der Waals surface area contributed by atoms with Gasteiger partial charge in [0.05, 0.1) is 17.9 Å². The summed E-state index contributed by atoms with van der Waals surface area (Å²) in [6, 6.07) is -0.136. The normalized spacial score (nSPS) is 30.8. The number of nitrogens with one attached hydrogen (secondary N) is 1. The minimum absolute atomic E-state index is 0.136.